The summed E-state index contributed by atoms with van der Waals surface area (Å²) in [5.41, 5.74) is 12.4. The highest BCUT2D eigenvalue weighted by Crippen LogP contribution is 2.36. The van der Waals surface area contributed by atoms with Crippen molar-refractivity contribution < 1.29 is 4.79 Å². The number of nitrogen functional groups attached to an aromatic ring is 1. The predicted octanol–water partition coefficient (Wildman–Crippen LogP) is 1.64. The summed E-state index contributed by atoms with van der Waals surface area (Å²) in [5.74, 6) is 0.766. The largest absolute Gasteiger partial charge is 0.396 e. The van der Waals surface area contributed by atoms with Gasteiger partial charge in [-0.15, -0.1) is 0 Å². The number of aromatic nitrogens is 1. The second kappa shape index (κ2) is 4.72. The summed E-state index contributed by atoms with van der Waals surface area (Å²) in [6.45, 7) is 8.58. The Morgan fingerprint density at radius 1 is 1.42 bits per heavy atom. The number of nitrogens with zero attached hydrogens (tertiary/aromatic N) is 2. The lowest BCUT2D eigenvalue weighted by atomic mass is 9.80. The zero-order chi connectivity index (χ0) is 14.2. The van der Waals surface area contributed by atoms with Crippen molar-refractivity contribution in [3.05, 3.63) is 17.8 Å². The molecular weight excluding hydrogens is 240 g/mol. The maximum atomic E-state index is 11.2. The molecule has 0 spiro atoms. The van der Waals surface area contributed by atoms with Gasteiger partial charge in [-0.05, 0) is 29.9 Å². The van der Waals surface area contributed by atoms with Crippen molar-refractivity contribution in [2.45, 2.75) is 27.2 Å². The molecule has 0 radical (unpaired) electrons. The minimum Gasteiger partial charge on any atom is -0.396 e. The normalized spacial score (nSPS) is 19.7. The second-order valence-corrected chi connectivity index (χ2v) is 6.27. The van der Waals surface area contributed by atoms with Gasteiger partial charge in [0.15, 0.2) is 5.82 Å². The van der Waals surface area contributed by atoms with Crippen LogP contribution in [0.15, 0.2) is 12.1 Å². The van der Waals surface area contributed by atoms with Gasteiger partial charge in [0.2, 0.25) is 0 Å². The molecule has 5 heteroatoms. The molecule has 4 N–H and O–H groups in total. The summed E-state index contributed by atoms with van der Waals surface area (Å²) in [6.07, 6.45) is 1.12. The third-order valence-electron chi connectivity index (χ3n) is 3.87. The van der Waals surface area contributed by atoms with E-state index in [0.29, 0.717) is 17.4 Å². The van der Waals surface area contributed by atoms with Crippen molar-refractivity contribution in [2.24, 2.45) is 17.1 Å². The van der Waals surface area contributed by atoms with Gasteiger partial charge in [0.05, 0.1) is 5.69 Å². The Bertz CT molecular complexity index is 493. The molecule has 2 heterocycles. The maximum Gasteiger partial charge on any atom is 0.267 e. The van der Waals surface area contributed by atoms with E-state index < -0.39 is 5.91 Å². The standard InChI is InChI=1S/C14H22N4O/c1-14(2,3)9-6-7-18(8-9)13-10(15)4-5-11(17-13)12(16)19/h4-5,9H,6-8,15H2,1-3H3,(H2,16,19). The van der Waals surface area contributed by atoms with Gasteiger partial charge in [-0.1, -0.05) is 20.8 Å². The first kappa shape index (κ1) is 13.6. The van der Waals surface area contributed by atoms with Gasteiger partial charge >= 0.3 is 0 Å². The highest BCUT2D eigenvalue weighted by atomic mass is 16.1. The first-order valence-electron chi connectivity index (χ1n) is 6.60. The van der Waals surface area contributed by atoms with Crippen LogP contribution in [-0.2, 0) is 0 Å². The average Bonchev–Trinajstić information content (AvgIpc) is 2.78. The lowest BCUT2D eigenvalue weighted by Gasteiger charge is -2.27. The lowest BCUT2D eigenvalue weighted by molar-refractivity contribution is 0.0995. The lowest BCUT2D eigenvalue weighted by Crippen LogP contribution is -2.27. The van der Waals surface area contributed by atoms with E-state index >= 15 is 0 Å². The number of primary amides is 1. The SMILES string of the molecule is CC(C)(C)C1CCN(c2nc(C(N)=O)ccc2N)C1. The van der Waals surface area contributed by atoms with Crippen molar-refractivity contribution in [1.82, 2.24) is 4.98 Å². The van der Waals surface area contributed by atoms with Crippen LogP contribution in [0.4, 0.5) is 11.5 Å². The van der Waals surface area contributed by atoms with E-state index in [1.54, 1.807) is 12.1 Å². The van der Waals surface area contributed by atoms with Crippen LogP contribution in [0, 0.1) is 11.3 Å². The van der Waals surface area contributed by atoms with Crippen molar-refractivity contribution >= 4 is 17.4 Å². The zero-order valence-electron chi connectivity index (χ0n) is 11.8. The molecule has 1 aliphatic heterocycles. The smallest absolute Gasteiger partial charge is 0.267 e. The summed E-state index contributed by atoms with van der Waals surface area (Å²) in [4.78, 5) is 17.7. The van der Waals surface area contributed by atoms with Crippen molar-refractivity contribution in [3.8, 4) is 0 Å². The molecule has 1 aliphatic rings. The Morgan fingerprint density at radius 2 is 2.11 bits per heavy atom. The Morgan fingerprint density at radius 3 is 2.63 bits per heavy atom. The first-order valence-corrected chi connectivity index (χ1v) is 6.60. The molecule has 1 fully saturated rings. The van der Waals surface area contributed by atoms with Crippen LogP contribution >= 0.6 is 0 Å². The van der Waals surface area contributed by atoms with E-state index in [2.05, 4.69) is 30.7 Å². The number of anilines is 2. The fourth-order valence-corrected chi connectivity index (χ4v) is 2.51. The van der Waals surface area contributed by atoms with Crippen LogP contribution in [0.1, 0.15) is 37.7 Å². The van der Waals surface area contributed by atoms with Crippen LogP contribution in [0.2, 0.25) is 0 Å². The number of carbonyl (C=O) groups is 1. The number of hydrogen-bond acceptors (Lipinski definition) is 4. The topological polar surface area (TPSA) is 85.2 Å². The molecule has 2 rings (SSSR count). The van der Waals surface area contributed by atoms with Crippen LogP contribution < -0.4 is 16.4 Å². The number of pyridine rings is 1. The Hall–Kier alpha value is -1.78. The number of nitrogens with two attached hydrogens (primary N) is 2. The molecule has 1 amide bonds. The first-order chi connectivity index (χ1) is 8.79. The minimum atomic E-state index is -0.521. The van der Waals surface area contributed by atoms with E-state index in [1.165, 1.54) is 0 Å². The Kier molecular flexibility index (Phi) is 3.39. The quantitative estimate of drug-likeness (QED) is 0.848. The summed E-state index contributed by atoms with van der Waals surface area (Å²) < 4.78 is 0. The monoisotopic (exact) mass is 262 g/mol. The molecular formula is C14H22N4O. The number of rotatable bonds is 2. The van der Waals surface area contributed by atoms with E-state index in [1.807, 2.05) is 0 Å². The van der Waals surface area contributed by atoms with Crippen LogP contribution in [0.5, 0.6) is 0 Å². The van der Waals surface area contributed by atoms with Crippen LogP contribution in [-0.4, -0.2) is 24.0 Å². The third kappa shape index (κ3) is 2.80. The molecule has 0 aliphatic carbocycles. The fourth-order valence-electron chi connectivity index (χ4n) is 2.51. The highest BCUT2D eigenvalue weighted by Gasteiger charge is 2.33. The van der Waals surface area contributed by atoms with Gasteiger partial charge in [0.25, 0.3) is 5.91 Å². The van der Waals surface area contributed by atoms with Gasteiger partial charge in [-0.2, -0.15) is 0 Å². The summed E-state index contributed by atoms with van der Waals surface area (Å²) in [7, 11) is 0. The van der Waals surface area contributed by atoms with Gasteiger partial charge in [-0.25, -0.2) is 4.98 Å². The van der Waals surface area contributed by atoms with E-state index in [9.17, 15) is 4.79 Å². The zero-order valence-corrected chi connectivity index (χ0v) is 11.8. The molecule has 0 aromatic carbocycles. The summed E-state index contributed by atoms with van der Waals surface area (Å²) in [5, 5.41) is 0. The van der Waals surface area contributed by atoms with Gasteiger partial charge < -0.3 is 16.4 Å². The van der Waals surface area contributed by atoms with E-state index in [-0.39, 0.29) is 11.1 Å². The number of hydrogen-bond donors (Lipinski definition) is 2. The third-order valence-corrected chi connectivity index (χ3v) is 3.87. The number of carbonyl (C=O) groups excluding carboxylic acids is 1. The Balaban J connectivity index is 2.24. The number of amides is 1. The fraction of sp³-hybridized carbons (Fsp3) is 0.571. The van der Waals surface area contributed by atoms with Gasteiger partial charge in [-0.3, -0.25) is 4.79 Å². The van der Waals surface area contributed by atoms with Crippen LogP contribution in [0.3, 0.4) is 0 Å². The summed E-state index contributed by atoms with van der Waals surface area (Å²) >= 11 is 0. The molecule has 5 nitrogen and oxygen atoms in total. The molecule has 1 aromatic heterocycles. The average molecular weight is 262 g/mol. The van der Waals surface area contributed by atoms with E-state index in [4.69, 9.17) is 11.5 Å². The second-order valence-electron chi connectivity index (χ2n) is 6.27. The molecule has 1 saturated heterocycles. The molecule has 1 atom stereocenters. The molecule has 0 saturated carbocycles. The van der Waals surface area contributed by atoms with E-state index in [0.717, 1.165) is 19.5 Å². The van der Waals surface area contributed by atoms with Crippen molar-refractivity contribution in [1.29, 1.82) is 0 Å². The highest BCUT2D eigenvalue weighted by molar-refractivity contribution is 5.91. The Labute approximate surface area is 114 Å². The van der Waals surface area contributed by atoms with Crippen LogP contribution in [0.25, 0.3) is 0 Å². The molecule has 104 valence electrons. The van der Waals surface area contributed by atoms with Gasteiger partial charge in [0.1, 0.15) is 5.69 Å². The molecule has 0 bridgehead atoms. The molecule has 1 unspecified atom stereocenters. The minimum absolute atomic E-state index is 0.267. The molecule has 1 aromatic rings. The molecule has 19 heavy (non-hydrogen) atoms. The maximum absolute atomic E-state index is 11.2. The van der Waals surface area contributed by atoms with Crippen molar-refractivity contribution in [3.63, 3.8) is 0 Å². The van der Waals surface area contributed by atoms with Crippen molar-refractivity contribution in [2.75, 3.05) is 23.7 Å². The summed E-state index contributed by atoms with van der Waals surface area (Å²) in [6, 6.07) is 3.27. The predicted molar refractivity (Wildman–Crippen MR) is 76.9 cm³/mol. The van der Waals surface area contributed by atoms with Gasteiger partial charge in [0, 0.05) is 13.1 Å².